The Hall–Kier alpha value is -1.71. The number of halogens is 5. The van der Waals surface area contributed by atoms with Crippen molar-refractivity contribution in [2.24, 2.45) is 10.9 Å². The first-order valence-corrected chi connectivity index (χ1v) is 8.75. The number of thioether (sulfide) groups is 1. The first-order chi connectivity index (χ1) is 11.8. The number of aliphatic imine (C=N–C) groups is 1. The third-order valence-corrected chi connectivity index (χ3v) is 4.60. The lowest BCUT2D eigenvalue weighted by Crippen LogP contribution is -2.27. The van der Waals surface area contributed by atoms with Crippen LogP contribution in [0.3, 0.4) is 0 Å². The van der Waals surface area contributed by atoms with Crippen molar-refractivity contribution in [3.63, 3.8) is 0 Å². The highest BCUT2D eigenvalue weighted by atomic mass is 32.2. The Balaban J connectivity index is 2.99. The average Bonchev–Trinajstić information content (AvgIpc) is 2.96. The summed E-state index contributed by atoms with van der Waals surface area (Å²) >= 11 is 1.03. The fraction of sp³-hybridized carbons (Fsp3) is 0.562. The van der Waals surface area contributed by atoms with Gasteiger partial charge >= 0.3 is 12.1 Å². The first kappa shape index (κ1) is 20.6. The van der Waals surface area contributed by atoms with Crippen molar-refractivity contribution in [3.8, 4) is 0 Å². The Morgan fingerprint density at radius 2 is 1.85 bits per heavy atom. The highest BCUT2D eigenvalue weighted by molar-refractivity contribution is 8.14. The van der Waals surface area contributed by atoms with Crippen LogP contribution in [0.2, 0.25) is 0 Å². The lowest BCUT2D eigenvalue weighted by Gasteiger charge is -2.23. The van der Waals surface area contributed by atoms with Crippen molar-refractivity contribution in [2.75, 3.05) is 12.3 Å². The van der Waals surface area contributed by atoms with Gasteiger partial charge in [-0.15, -0.1) is 11.8 Å². The van der Waals surface area contributed by atoms with Crippen molar-refractivity contribution in [2.45, 2.75) is 39.3 Å². The quantitative estimate of drug-likeness (QED) is 0.739. The lowest BCUT2D eigenvalue weighted by atomic mass is 9.90. The molecule has 0 atom stereocenters. The summed E-state index contributed by atoms with van der Waals surface area (Å²) in [6.07, 6.45) is -5.14. The Bertz CT molecular complexity index is 754. The highest BCUT2D eigenvalue weighted by Gasteiger charge is 2.44. The van der Waals surface area contributed by atoms with Crippen LogP contribution >= 0.6 is 11.8 Å². The normalized spacial score (nSPS) is 15.5. The summed E-state index contributed by atoms with van der Waals surface area (Å²) in [5.74, 6) is -5.41. The number of carboxylic acids is 1. The molecule has 10 heteroatoms. The molecular weight excluding hydrogens is 379 g/mol. The summed E-state index contributed by atoms with van der Waals surface area (Å²) in [7, 11) is 0. The van der Waals surface area contributed by atoms with Crippen molar-refractivity contribution in [1.29, 1.82) is 0 Å². The van der Waals surface area contributed by atoms with Gasteiger partial charge in [0.15, 0.2) is 5.69 Å². The first-order valence-electron chi connectivity index (χ1n) is 7.77. The molecule has 0 saturated carbocycles. The molecule has 1 aromatic heterocycles. The monoisotopic (exact) mass is 396 g/mol. The number of nitrogens with zero attached hydrogens (tertiary/aromatic N) is 2. The predicted molar refractivity (Wildman–Crippen MR) is 88.2 cm³/mol. The van der Waals surface area contributed by atoms with Gasteiger partial charge in [0.05, 0.1) is 5.56 Å². The van der Waals surface area contributed by atoms with Gasteiger partial charge in [0, 0.05) is 24.8 Å². The van der Waals surface area contributed by atoms with Crippen LogP contribution in [0, 0.1) is 5.92 Å². The van der Waals surface area contributed by atoms with Crippen LogP contribution in [0.4, 0.5) is 22.0 Å². The van der Waals surface area contributed by atoms with E-state index in [2.05, 4.69) is 9.98 Å². The molecule has 0 spiro atoms. The second-order valence-corrected chi connectivity index (χ2v) is 7.45. The molecule has 2 heterocycles. The van der Waals surface area contributed by atoms with E-state index in [1.165, 1.54) is 0 Å². The van der Waals surface area contributed by atoms with Gasteiger partial charge in [0.1, 0.15) is 10.7 Å². The number of alkyl halides is 5. The number of carbonyl (C=O) groups is 1. The number of hydrogen-bond acceptors (Lipinski definition) is 4. The molecule has 0 fully saturated rings. The minimum atomic E-state index is -5.02. The van der Waals surface area contributed by atoms with Crippen molar-refractivity contribution in [1.82, 2.24) is 4.98 Å². The van der Waals surface area contributed by atoms with E-state index in [4.69, 9.17) is 0 Å². The van der Waals surface area contributed by atoms with Crippen molar-refractivity contribution < 1.29 is 31.9 Å². The van der Waals surface area contributed by atoms with Gasteiger partial charge in [-0.1, -0.05) is 13.8 Å². The van der Waals surface area contributed by atoms with Crippen LogP contribution in [-0.2, 0) is 18.5 Å². The van der Waals surface area contributed by atoms with E-state index in [0.717, 1.165) is 11.8 Å². The Kier molecular flexibility index (Phi) is 5.65. The molecule has 1 aromatic rings. The molecule has 1 N–H and O–H groups in total. The molecule has 1 aliphatic rings. The average molecular weight is 396 g/mol. The van der Waals surface area contributed by atoms with E-state index >= 15 is 0 Å². The third-order valence-electron chi connectivity index (χ3n) is 3.61. The summed E-state index contributed by atoms with van der Waals surface area (Å²) in [6.45, 7) is 3.93. The summed E-state index contributed by atoms with van der Waals surface area (Å²) < 4.78 is 68.7. The van der Waals surface area contributed by atoms with E-state index < -0.39 is 40.6 Å². The molecular formula is C16H17F5N2O2S. The molecule has 0 bridgehead atoms. The summed E-state index contributed by atoms with van der Waals surface area (Å²) in [5, 5.41) is 9.48. The Morgan fingerprint density at radius 3 is 2.23 bits per heavy atom. The van der Waals surface area contributed by atoms with Crippen molar-refractivity contribution >= 4 is 22.8 Å². The number of rotatable bonds is 5. The molecule has 26 heavy (non-hydrogen) atoms. The topological polar surface area (TPSA) is 62.5 Å². The van der Waals surface area contributed by atoms with Gasteiger partial charge in [-0.2, -0.15) is 22.0 Å². The molecule has 0 aliphatic carbocycles. The molecule has 0 saturated heterocycles. The zero-order chi connectivity index (χ0) is 19.9. The van der Waals surface area contributed by atoms with Crippen LogP contribution < -0.4 is 0 Å². The van der Waals surface area contributed by atoms with Gasteiger partial charge in [-0.25, -0.2) is 9.78 Å². The minimum absolute atomic E-state index is 0.00561. The molecule has 4 nitrogen and oxygen atoms in total. The SMILES string of the molecule is CC(C)Cc1c(C(=O)O)c(C(C)(F)F)nc(C(F)(F)F)c1C1=NCCS1. The predicted octanol–water partition coefficient (Wildman–Crippen LogP) is 4.60. The highest BCUT2D eigenvalue weighted by Crippen LogP contribution is 2.41. The third kappa shape index (κ3) is 4.16. The largest absolute Gasteiger partial charge is 0.478 e. The van der Waals surface area contributed by atoms with Gasteiger partial charge in [-0.05, 0) is 17.9 Å². The maximum atomic E-state index is 13.9. The second kappa shape index (κ2) is 7.13. The summed E-state index contributed by atoms with van der Waals surface area (Å²) in [5.41, 5.74) is -4.54. The number of pyridine rings is 1. The van der Waals surface area contributed by atoms with Crippen LogP contribution in [0.5, 0.6) is 0 Å². The van der Waals surface area contributed by atoms with Gasteiger partial charge in [0.25, 0.3) is 5.92 Å². The number of hydrogen-bond donors (Lipinski definition) is 1. The van der Waals surface area contributed by atoms with Gasteiger partial charge < -0.3 is 5.11 Å². The van der Waals surface area contributed by atoms with Gasteiger partial charge in [0.2, 0.25) is 0 Å². The van der Waals surface area contributed by atoms with E-state index in [9.17, 15) is 31.9 Å². The number of aromatic nitrogens is 1. The Labute approximate surface area is 150 Å². The number of carboxylic acid groups (broad SMARTS) is 1. The maximum Gasteiger partial charge on any atom is 0.434 e. The second-order valence-electron chi connectivity index (χ2n) is 6.36. The minimum Gasteiger partial charge on any atom is -0.478 e. The van der Waals surface area contributed by atoms with Crippen molar-refractivity contribution in [3.05, 3.63) is 28.1 Å². The molecule has 0 unspecified atom stereocenters. The zero-order valence-corrected chi connectivity index (χ0v) is 15.1. The Morgan fingerprint density at radius 1 is 1.23 bits per heavy atom. The molecule has 0 aromatic carbocycles. The van der Waals surface area contributed by atoms with E-state index in [1.54, 1.807) is 13.8 Å². The maximum absolute atomic E-state index is 13.9. The standard InChI is InChI=1S/C16H17F5N2O2S/c1-7(2)6-8-9(13-22-4-5-26-13)12(16(19,20)21)23-11(15(3,17)18)10(8)14(24)25/h7H,4-6H2,1-3H3,(H,24,25). The van der Waals surface area contributed by atoms with Crippen LogP contribution in [-0.4, -0.2) is 33.4 Å². The fourth-order valence-corrected chi connectivity index (χ4v) is 3.64. The molecule has 2 rings (SSSR count). The van der Waals surface area contributed by atoms with E-state index in [1.807, 2.05) is 0 Å². The molecule has 144 valence electrons. The summed E-state index contributed by atoms with van der Waals surface area (Å²) in [6, 6.07) is 0. The molecule has 0 amide bonds. The van der Waals surface area contributed by atoms with E-state index in [-0.39, 0.29) is 29.5 Å². The summed E-state index contributed by atoms with van der Waals surface area (Å²) in [4.78, 5) is 18.8. The van der Waals surface area contributed by atoms with Crippen LogP contribution in [0.25, 0.3) is 0 Å². The van der Waals surface area contributed by atoms with E-state index in [0.29, 0.717) is 12.7 Å². The van der Waals surface area contributed by atoms with Crippen LogP contribution in [0.1, 0.15) is 53.6 Å². The van der Waals surface area contributed by atoms with Gasteiger partial charge in [-0.3, -0.25) is 4.99 Å². The smallest absolute Gasteiger partial charge is 0.434 e. The number of aromatic carboxylic acids is 1. The zero-order valence-electron chi connectivity index (χ0n) is 14.2. The molecule has 0 radical (unpaired) electrons. The molecule has 1 aliphatic heterocycles. The fourth-order valence-electron chi connectivity index (χ4n) is 2.72. The van der Waals surface area contributed by atoms with Crippen LogP contribution in [0.15, 0.2) is 4.99 Å². The lowest BCUT2D eigenvalue weighted by molar-refractivity contribution is -0.141.